The smallest absolute Gasteiger partial charge is 0.305 e. The molecule has 0 aliphatic rings. The third kappa shape index (κ3) is 6.66. The molecule has 0 amide bonds. The van der Waals surface area contributed by atoms with E-state index < -0.39 is 0 Å². The first-order valence-electron chi connectivity index (χ1n) is 7.57. The van der Waals surface area contributed by atoms with Crippen LogP contribution in [0.4, 0.5) is 0 Å². The molecule has 0 fully saturated rings. The third-order valence-electron chi connectivity index (χ3n) is 3.20. The van der Waals surface area contributed by atoms with Gasteiger partial charge in [0.1, 0.15) is 0 Å². The summed E-state index contributed by atoms with van der Waals surface area (Å²) >= 11 is 0. The number of rotatable bonds is 10. The second kappa shape index (κ2) is 10.4. The van der Waals surface area contributed by atoms with Crippen LogP contribution in [0.2, 0.25) is 0 Å². The lowest BCUT2D eigenvalue weighted by Gasteiger charge is -2.08. The highest BCUT2D eigenvalue weighted by molar-refractivity contribution is 5.69. The van der Waals surface area contributed by atoms with Crippen molar-refractivity contribution >= 4 is 5.97 Å². The van der Waals surface area contributed by atoms with Gasteiger partial charge in [0.05, 0.1) is 12.3 Å². The van der Waals surface area contributed by atoms with Crippen LogP contribution in [-0.4, -0.2) is 24.1 Å². The minimum Gasteiger partial charge on any atom is -0.466 e. The van der Waals surface area contributed by atoms with Gasteiger partial charge in [-0.25, -0.2) is 0 Å². The second-order valence-electron chi connectivity index (χ2n) is 4.76. The molecule has 0 atom stereocenters. The van der Waals surface area contributed by atoms with Crippen molar-refractivity contribution in [3.8, 4) is 0 Å². The molecule has 0 aliphatic heterocycles. The maximum absolute atomic E-state index is 11.1. The number of aromatic nitrogens is 1. The van der Waals surface area contributed by atoms with Crippen LogP contribution in [0.3, 0.4) is 0 Å². The minimum atomic E-state index is -0.0819. The zero-order valence-corrected chi connectivity index (χ0v) is 12.7. The van der Waals surface area contributed by atoms with Crippen molar-refractivity contribution in [1.82, 2.24) is 10.3 Å². The Kier molecular flexibility index (Phi) is 8.63. The SMILES string of the molecule is CCOC(=O)CCCCCNCc1ncccc1CC. The molecule has 1 aromatic rings. The highest BCUT2D eigenvalue weighted by Gasteiger charge is 2.02. The van der Waals surface area contributed by atoms with E-state index in [9.17, 15) is 4.79 Å². The number of ether oxygens (including phenoxy) is 1. The van der Waals surface area contributed by atoms with Gasteiger partial charge in [-0.15, -0.1) is 0 Å². The van der Waals surface area contributed by atoms with Crippen LogP contribution in [0.1, 0.15) is 50.8 Å². The first-order valence-corrected chi connectivity index (χ1v) is 7.57. The van der Waals surface area contributed by atoms with Gasteiger partial charge in [0, 0.05) is 19.2 Å². The Bertz CT molecular complexity index is 394. The zero-order chi connectivity index (χ0) is 14.6. The lowest BCUT2D eigenvalue weighted by molar-refractivity contribution is -0.143. The van der Waals surface area contributed by atoms with Gasteiger partial charge in [0.25, 0.3) is 0 Å². The average Bonchev–Trinajstić information content (AvgIpc) is 2.47. The average molecular weight is 278 g/mol. The summed E-state index contributed by atoms with van der Waals surface area (Å²) in [6.07, 6.45) is 6.43. The van der Waals surface area contributed by atoms with E-state index in [4.69, 9.17) is 4.74 Å². The summed E-state index contributed by atoms with van der Waals surface area (Å²) in [7, 11) is 0. The highest BCUT2D eigenvalue weighted by atomic mass is 16.5. The van der Waals surface area contributed by atoms with E-state index in [1.807, 2.05) is 19.2 Å². The van der Waals surface area contributed by atoms with Crippen molar-refractivity contribution in [2.75, 3.05) is 13.2 Å². The number of esters is 1. The molecule has 1 heterocycles. The first-order chi connectivity index (χ1) is 9.77. The van der Waals surface area contributed by atoms with Crippen molar-refractivity contribution in [1.29, 1.82) is 0 Å². The number of hydrogen-bond acceptors (Lipinski definition) is 4. The van der Waals surface area contributed by atoms with Crippen molar-refractivity contribution in [3.63, 3.8) is 0 Å². The molecule has 4 nitrogen and oxygen atoms in total. The predicted octanol–water partition coefficient (Wildman–Crippen LogP) is 2.86. The summed E-state index contributed by atoms with van der Waals surface area (Å²) in [4.78, 5) is 15.5. The van der Waals surface area contributed by atoms with E-state index in [0.717, 1.165) is 44.5 Å². The van der Waals surface area contributed by atoms with Crippen LogP contribution in [0, 0.1) is 0 Å². The predicted molar refractivity (Wildman–Crippen MR) is 80.4 cm³/mol. The summed E-state index contributed by atoms with van der Waals surface area (Å²) in [6, 6.07) is 4.11. The molecule has 0 spiro atoms. The van der Waals surface area contributed by atoms with Crippen LogP contribution >= 0.6 is 0 Å². The number of aryl methyl sites for hydroxylation is 1. The highest BCUT2D eigenvalue weighted by Crippen LogP contribution is 2.06. The summed E-state index contributed by atoms with van der Waals surface area (Å²) in [5.74, 6) is -0.0819. The number of pyridine rings is 1. The molecule has 20 heavy (non-hydrogen) atoms. The standard InChI is InChI=1S/C16H26N2O2/c1-3-14-9-8-12-18-15(14)13-17-11-7-5-6-10-16(19)20-4-2/h8-9,12,17H,3-7,10-11,13H2,1-2H3. The van der Waals surface area contributed by atoms with Gasteiger partial charge in [-0.3, -0.25) is 9.78 Å². The maximum Gasteiger partial charge on any atom is 0.305 e. The zero-order valence-electron chi connectivity index (χ0n) is 12.7. The van der Waals surface area contributed by atoms with Crippen molar-refractivity contribution < 1.29 is 9.53 Å². The van der Waals surface area contributed by atoms with Crippen LogP contribution in [0.15, 0.2) is 18.3 Å². The molecule has 0 radical (unpaired) electrons. The fourth-order valence-corrected chi connectivity index (χ4v) is 2.09. The van der Waals surface area contributed by atoms with Gasteiger partial charge in [-0.1, -0.05) is 19.4 Å². The van der Waals surface area contributed by atoms with E-state index in [2.05, 4.69) is 23.3 Å². The molecule has 0 bridgehead atoms. The number of nitrogens with zero attached hydrogens (tertiary/aromatic N) is 1. The molecule has 1 aromatic heterocycles. The molecule has 0 saturated carbocycles. The molecule has 0 aromatic carbocycles. The van der Waals surface area contributed by atoms with Crippen molar-refractivity contribution in [2.45, 2.75) is 52.5 Å². The number of nitrogens with one attached hydrogen (secondary N) is 1. The summed E-state index contributed by atoms with van der Waals surface area (Å²) in [5.41, 5.74) is 2.45. The quantitative estimate of drug-likeness (QED) is 0.528. The largest absolute Gasteiger partial charge is 0.466 e. The van der Waals surface area contributed by atoms with Crippen LogP contribution in [0.5, 0.6) is 0 Å². The summed E-state index contributed by atoms with van der Waals surface area (Å²) < 4.78 is 4.89. The van der Waals surface area contributed by atoms with Crippen LogP contribution < -0.4 is 5.32 Å². The van der Waals surface area contributed by atoms with Gasteiger partial charge in [-0.05, 0) is 44.4 Å². The van der Waals surface area contributed by atoms with Crippen LogP contribution in [0.25, 0.3) is 0 Å². The monoisotopic (exact) mass is 278 g/mol. The van der Waals surface area contributed by atoms with Gasteiger partial charge in [0.15, 0.2) is 0 Å². The van der Waals surface area contributed by atoms with E-state index >= 15 is 0 Å². The Morgan fingerprint density at radius 1 is 1.30 bits per heavy atom. The van der Waals surface area contributed by atoms with Crippen molar-refractivity contribution in [3.05, 3.63) is 29.6 Å². The van der Waals surface area contributed by atoms with Crippen LogP contribution in [-0.2, 0) is 22.5 Å². The van der Waals surface area contributed by atoms with E-state index in [-0.39, 0.29) is 5.97 Å². The lowest BCUT2D eigenvalue weighted by atomic mass is 10.1. The molecule has 4 heteroatoms. The Hall–Kier alpha value is -1.42. The molecule has 1 N–H and O–H groups in total. The van der Waals surface area contributed by atoms with Crippen molar-refractivity contribution in [2.24, 2.45) is 0 Å². The number of carbonyl (C=O) groups excluding carboxylic acids is 1. The van der Waals surface area contributed by atoms with Gasteiger partial charge < -0.3 is 10.1 Å². The number of carbonyl (C=O) groups is 1. The van der Waals surface area contributed by atoms with E-state index in [1.165, 1.54) is 5.56 Å². The fourth-order valence-electron chi connectivity index (χ4n) is 2.09. The molecule has 0 unspecified atom stereocenters. The Labute approximate surface area is 121 Å². The van der Waals surface area contributed by atoms with Gasteiger partial charge >= 0.3 is 5.97 Å². The molecule has 112 valence electrons. The first kappa shape index (κ1) is 16.6. The molecule has 0 saturated heterocycles. The molecule has 1 rings (SSSR count). The summed E-state index contributed by atoms with van der Waals surface area (Å²) in [5, 5.41) is 3.41. The normalized spacial score (nSPS) is 10.5. The molecule has 0 aliphatic carbocycles. The minimum absolute atomic E-state index is 0.0819. The topological polar surface area (TPSA) is 51.2 Å². The lowest BCUT2D eigenvalue weighted by Crippen LogP contribution is -2.17. The Balaban J connectivity index is 2.06. The van der Waals surface area contributed by atoms with E-state index in [1.54, 1.807) is 0 Å². The van der Waals surface area contributed by atoms with Gasteiger partial charge in [0.2, 0.25) is 0 Å². The third-order valence-corrected chi connectivity index (χ3v) is 3.20. The second-order valence-corrected chi connectivity index (χ2v) is 4.76. The number of unbranched alkanes of at least 4 members (excludes halogenated alkanes) is 2. The molecular formula is C16H26N2O2. The maximum atomic E-state index is 11.1. The Morgan fingerprint density at radius 3 is 2.90 bits per heavy atom. The van der Waals surface area contributed by atoms with Gasteiger partial charge in [-0.2, -0.15) is 0 Å². The number of hydrogen-bond donors (Lipinski definition) is 1. The molecular weight excluding hydrogens is 252 g/mol. The fraction of sp³-hybridized carbons (Fsp3) is 0.625. The summed E-state index contributed by atoms with van der Waals surface area (Å²) in [6.45, 7) is 6.24. The Morgan fingerprint density at radius 2 is 2.15 bits per heavy atom. The van der Waals surface area contributed by atoms with E-state index in [0.29, 0.717) is 13.0 Å².